The Kier molecular flexibility index (Phi) is 5.65. The Morgan fingerprint density at radius 1 is 1.34 bits per heavy atom. The summed E-state index contributed by atoms with van der Waals surface area (Å²) in [5.41, 5.74) is 6.75. The molecule has 1 aromatic carbocycles. The highest BCUT2D eigenvalue weighted by Gasteiger charge is 2.45. The Hall–Kier alpha value is -3.63. The van der Waals surface area contributed by atoms with Gasteiger partial charge in [-0.15, -0.1) is 0 Å². The molecular formula is C25H25FN4O5. The number of aryl methyl sites for hydroxylation is 1. The molecule has 2 aromatic heterocycles. The van der Waals surface area contributed by atoms with Crippen molar-refractivity contribution < 1.29 is 23.9 Å². The van der Waals surface area contributed by atoms with Crippen LogP contribution in [0.4, 0.5) is 4.39 Å². The molecule has 0 amide bonds. The lowest BCUT2D eigenvalue weighted by Gasteiger charge is -2.31. The van der Waals surface area contributed by atoms with E-state index in [1.807, 2.05) is 0 Å². The molecule has 0 bridgehead atoms. The molecule has 0 saturated heterocycles. The first-order chi connectivity index (χ1) is 16.8. The van der Waals surface area contributed by atoms with Gasteiger partial charge in [0.1, 0.15) is 19.0 Å². The highest BCUT2D eigenvalue weighted by molar-refractivity contribution is 6.02. The lowest BCUT2D eigenvalue weighted by Crippen LogP contribution is -2.44. The summed E-state index contributed by atoms with van der Waals surface area (Å²) in [6.07, 6.45) is 2.23. The fourth-order valence-electron chi connectivity index (χ4n) is 4.68. The number of oxime groups is 1. The number of hydrogen-bond acceptors (Lipinski definition) is 8. The van der Waals surface area contributed by atoms with Crippen molar-refractivity contribution in [1.29, 1.82) is 0 Å². The number of fused-ring (bicyclic) bond motifs is 5. The minimum absolute atomic E-state index is 0.0439. The molecule has 182 valence electrons. The van der Waals surface area contributed by atoms with Crippen LogP contribution in [0.5, 0.6) is 0 Å². The molecule has 0 unspecified atom stereocenters. The molecule has 35 heavy (non-hydrogen) atoms. The number of nitrogens with zero attached hydrogens (tertiary/aromatic N) is 3. The molecule has 0 aliphatic carbocycles. The van der Waals surface area contributed by atoms with E-state index >= 15 is 0 Å². The molecule has 9 nitrogen and oxygen atoms in total. The lowest BCUT2D eigenvalue weighted by atomic mass is 9.86. The average Bonchev–Trinajstić information content (AvgIpc) is 3.21. The second-order valence-corrected chi connectivity index (χ2v) is 8.78. The van der Waals surface area contributed by atoms with Gasteiger partial charge in [0.05, 0.1) is 35.2 Å². The predicted molar refractivity (Wildman–Crippen MR) is 126 cm³/mol. The normalized spacial score (nSPS) is 18.5. The summed E-state index contributed by atoms with van der Waals surface area (Å²) in [7, 11) is 0. The minimum Gasteiger partial charge on any atom is -0.458 e. The summed E-state index contributed by atoms with van der Waals surface area (Å²) in [5, 5.41) is 15.8. The molecule has 0 spiro atoms. The van der Waals surface area contributed by atoms with Gasteiger partial charge < -0.3 is 25.0 Å². The third-order valence-corrected chi connectivity index (χ3v) is 6.71. The van der Waals surface area contributed by atoms with E-state index in [2.05, 4.69) is 10.1 Å². The SMILES string of the molecule is CC[C@@]1(O)C(=O)OCc2c1cc1n(c2=O)Cc2c-1nc1cc(F)c(C)cc1c2/C=N/OCCCN. The maximum atomic E-state index is 14.4. The van der Waals surface area contributed by atoms with Crippen LogP contribution in [-0.2, 0) is 33.1 Å². The molecule has 4 heterocycles. The van der Waals surface area contributed by atoms with Gasteiger partial charge in [-0.05, 0) is 44.0 Å². The number of aromatic nitrogens is 2. The zero-order chi connectivity index (χ0) is 24.9. The number of rotatable bonds is 6. The maximum Gasteiger partial charge on any atom is 0.343 e. The Morgan fingerprint density at radius 3 is 2.89 bits per heavy atom. The van der Waals surface area contributed by atoms with Crippen molar-refractivity contribution in [3.63, 3.8) is 0 Å². The third-order valence-electron chi connectivity index (χ3n) is 6.71. The van der Waals surface area contributed by atoms with Crippen molar-refractivity contribution in [2.45, 2.75) is 45.4 Å². The van der Waals surface area contributed by atoms with Gasteiger partial charge in [-0.3, -0.25) is 4.79 Å². The second-order valence-electron chi connectivity index (χ2n) is 8.78. The van der Waals surface area contributed by atoms with E-state index in [1.165, 1.54) is 10.6 Å². The van der Waals surface area contributed by atoms with Crippen LogP contribution in [0.1, 0.15) is 47.6 Å². The van der Waals surface area contributed by atoms with E-state index in [0.717, 1.165) is 0 Å². The first-order valence-electron chi connectivity index (χ1n) is 11.5. The number of aliphatic hydroxyl groups is 1. The Labute approximate surface area is 200 Å². The van der Waals surface area contributed by atoms with Gasteiger partial charge in [-0.1, -0.05) is 12.1 Å². The van der Waals surface area contributed by atoms with Crippen molar-refractivity contribution in [3.05, 3.63) is 62.2 Å². The van der Waals surface area contributed by atoms with Crippen LogP contribution in [0, 0.1) is 12.7 Å². The summed E-state index contributed by atoms with van der Waals surface area (Å²) in [5.74, 6) is -1.20. The molecule has 3 N–H and O–H groups in total. The largest absolute Gasteiger partial charge is 0.458 e. The molecule has 10 heteroatoms. The van der Waals surface area contributed by atoms with Crippen LogP contribution in [0.3, 0.4) is 0 Å². The van der Waals surface area contributed by atoms with Gasteiger partial charge in [0.25, 0.3) is 5.56 Å². The molecular weight excluding hydrogens is 455 g/mol. The number of nitrogens with two attached hydrogens (primary N) is 1. The van der Waals surface area contributed by atoms with Gasteiger partial charge in [0.2, 0.25) is 0 Å². The topological polar surface area (TPSA) is 129 Å². The predicted octanol–water partition coefficient (Wildman–Crippen LogP) is 2.23. The second kappa shape index (κ2) is 8.54. The summed E-state index contributed by atoms with van der Waals surface area (Å²) >= 11 is 0. The van der Waals surface area contributed by atoms with Crippen LogP contribution in [0.15, 0.2) is 28.1 Å². The van der Waals surface area contributed by atoms with Gasteiger partial charge >= 0.3 is 5.97 Å². The van der Waals surface area contributed by atoms with Gasteiger partial charge in [-0.2, -0.15) is 0 Å². The van der Waals surface area contributed by atoms with E-state index in [9.17, 15) is 19.1 Å². The molecule has 0 saturated carbocycles. The Bertz CT molecular complexity index is 1460. The van der Waals surface area contributed by atoms with Gasteiger partial charge in [0, 0.05) is 28.1 Å². The van der Waals surface area contributed by atoms with Gasteiger partial charge in [-0.25, -0.2) is 14.2 Å². The quantitative estimate of drug-likeness (QED) is 0.187. The number of ether oxygens (including phenoxy) is 1. The molecule has 0 fully saturated rings. The van der Waals surface area contributed by atoms with Crippen molar-refractivity contribution >= 4 is 23.1 Å². The number of pyridine rings is 2. The van der Waals surface area contributed by atoms with Crippen molar-refractivity contribution in [2.75, 3.05) is 13.2 Å². The monoisotopic (exact) mass is 480 g/mol. The van der Waals surface area contributed by atoms with E-state index in [-0.39, 0.29) is 36.3 Å². The summed E-state index contributed by atoms with van der Waals surface area (Å²) < 4.78 is 21.1. The first kappa shape index (κ1) is 23.1. The summed E-state index contributed by atoms with van der Waals surface area (Å²) in [6, 6.07) is 4.66. The molecule has 5 rings (SSSR count). The number of esters is 1. The summed E-state index contributed by atoms with van der Waals surface area (Å²) in [6.45, 7) is 4.11. The van der Waals surface area contributed by atoms with Crippen LogP contribution >= 0.6 is 0 Å². The minimum atomic E-state index is -1.92. The molecule has 2 aliphatic heterocycles. The number of halogens is 1. The number of carbonyl (C=O) groups excluding carboxylic acids is 1. The zero-order valence-electron chi connectivity index (χ0n) is 19.4. The number of carbonyl (C=O) groups is 1. The van der Waals surface area contributed by atoms with E-state index in [0.29, 0.717) is 58.6 Å². The van der Waals surface area contributed by atoms with Crippen molar-refractivity contribution in [1.82, 2.24) is 9.55 Å². The molecule has 0 radical (unpaired) electrons. The van der Waals surface area contributed by atoms with Gasteiger partial charge in [0.15, 0.2) is 5.60 Å². The number of hydrogen-bond donors (Lipinski definition) is 2. The smallest absolute Gasteiger partial charge is 0.343 e. The van der Waals surface area contributed by atoms with E-state index in [1.54, 1.807) is 32.2 Å². The standard InChI is InChI=1S/C25H25FN4O5/c1-3-25(33)18-8-21-22-16(11-30(21)23(31)17(18)12-34-24(25)32)15(10-28-35-6-4-5-27)14-7-13(2)19(26)9-20(14)29-22/h7-10,33H,3-6,11-12,27H2,1-2H3/b28-10+/t25-/m0/s1. The van der Waals surface area contributed by atoms with Crippen LogP contribution in [0.25, 0.3) is 22.3 Å². The average molecular weight is 480 g/mol. The molecule has 1 atom stereocenters. The van der Waals surface area contributed by atoms with E-state index < -0.39 is 17.4 Å². The van der Waals surface area contributed by atoms with Crippen LogP contribution in [0.2, 0.25) is 0 Å². The van der Waals surface area contributed by atoms with Crippen molar-refractivity contribution in [3.8, 4) is 11.4 Å². The highest BCUT2D eigenvalue weighted by Crippen LogP contribution is 2.40. The van der Waals surface area contributed by atoms with Crippen LogP contribution < -0.4 is 11.3 Å². The lowest BCUT2D eigenvalue weighted by molar-refractivity contribution is -0.172. The fourth-order valence-corrected chi connectivity index (χ4v) is 4.68. The van der Waals surface area contributed by atoms with Crippen LogP contribution in [-0.4, -0.2) is 40.0 Å². The maximum absolute atomic E-state index is 14.4. The molecule has 2 aliphatic rings. The Morgan fingerprint density at radius 2 is 2.14 bits per heavy atom. The number of cyclic esters (lactones) is 1. The first-order valence-corrected chi connectivity index (χ1v) is 11.5. The van der Waals surface area contributed by atoms with E-state index in [4.69, 9.17) is 15.3 Å². The third kappa shape index (κ3) is 3.52. The fraction of sp³-hybridized carbons (Fsp3) is 0.360. The highest BCUT2D eigenvalue weighted by atomic mass is 19.1. The molecule has 3 aromatic rings. The number of benzene rings is 1. The summed E-state index contributed by atoms with van der Waals surface area (Å²) in [4.78, 5) is 35.8. The van der Waals surface area contributed by atoms with Crippen molar-refractivity contribution in [2.24, 2.45) is 10.9 Å². The zero-order valence-corrected chi connectivity index (χ0v) is 19.4. The Balaban J connectivity index is 1.74.